The average molecular weight is 367 g/mol. The fraction of sp³-hybridized carbons (Fsp3) is 1.00. The standard InChI is InChI=1S/C18H38O3S2/c1-2-3-4-5-6-7-8-9-10-11-12-13-14-15-16-21-23(19,20)18-17-22/h22H,2-18H2,1H3. The minimum absolute atomic E-state index is 0.00865. The summed E-state index contributed by atoms with van der Waals surface area (Å²) in [6.45, 7) is 2.59. The Kier molecular flexibility index (Phi) is 17.3. The van der Waals surface area contributed by atoms with Crippen LogP contribution < -0.4 is 0 Å². The summed E-state index contributed by atoms with van der Waals surface area (Å²) in [5.74, 6) is 0.329. The topological polar surface area (TPSA) is 43.4 Å². The van der Waals surface area contributed by atoms with Crippen LogP contribution in [-0.2, 0) is 14.3 Å². The molecule has 0 aliphatic carbocycles. The van der Waals surface area contributed by atoms with E-state index in [0.29, 0.717) is 12.4 Å². The molecule has 5 heteroatoms. The summed E-state index contributed by atoms with van der Waals surface area (Å²) in [4.78, 5) is 0. The fourth-order valence-electron chi connectivity index (χ4n) is 2.65. The zero-order valence-corrected chi connectivity index (χ0v) is 16.8. The van der Waals surface area contributed by atoms with Crippen LogP contribution in [0.1, 0.15) is 96.8 Å². The van der Waals surface area contributed by atoms with Gasteiger partial charge in [-0.1, -0.05) is 90.4 Å². The fourth-order valence-corrected chi connectivity index (χ4v) is 4.04. The molecule has 0 amide bonds. The van der Waals surface area contributed by atoms with Crippen molar-refractivity contribution < 1.29 is 12.6 Å². The zero-order valence-electron chi connectivity index (χ0n) is 15.1. The molecule has 3 nitrogen and oxygen atoms in total. The van der Waals surface area contributed by atoms with E-state index in [1.54, 1.807) is 0 Å². The van der Waals surface area contributed by atoms with Crippen molar-refractivity contribution in [3.8, 4) is 0 Å². The molecule has 0 aliphatic heterocycles. The number of hydrogen-bond donors (Lipinski definition) is 1. The van der Waals surface area contributed by atoms with Gasteiger partial charge in [0, 0.05) is 5.75 Å². The van der Waals surface area contributed by atoms with Crippen molar-refractivity contribution >= 4 is 22.7 Å². The maximum absolute atomic E-state index is 11.3. The molecule has 0 bridgehead atoms. The second-order valence-electron chi connectivity index (χ2n) is 6.40. The molecule has 0 rings (SSSR count). The lowest BCUT2D eigenvalue weighted by atomic mass is 10.0. The van der Waals surface area contributed by atoms with Crippen LogP contribution in [0.25, 0.3) is 0 Å². The van der Waals surface area contributed by atoms with Crippen LogP contribution in [0.4, 0.5) is 0 Å². The molecule has 140 valence electrons. The Morgan fingerprint density at radius 3 is 1.48 bits per heavy atom. The molecule has 0 radical (unpaired) electrons. The van der Waals surface area contributed by atoms with Gasteiger partial charge in [-0.05, 0) is 6.42 Å². The van der Waals surface area contributed by atoms with Gasteiger partial charge in [0.1, 0.15) is 0 Å². The van der Waals surface area contributed by atoms with Crippen LogP contribution in [0.3, 0.4) is 0 Å². The molecule has 0 saturated carbocycles. The first kappa shape index (κ1) is 23.3. The van der Waals surface area contributed by atoms with Crippen molar-refractivity contribution in [3.05, 3.63) is 0 Å². The Balaban J connectivity index is 3.14. The molecule has 0 aromatic carbocycles. The highest BCUT2D eigenvalue weighted by atomic mass is 32.2. The third-order valence-corrected chi connectivity index (χ3v) is 5.86. The minimum atomic E-state index is -3.33. The van der Waals surface area contributed by atoms with Gasteiger partial charge in [0.15, 0.2) is 0 Å². The van der Waals surface area contributed by atoms with Gasteiger partial charge in [-0.2, -0.15) is 21.0 Å². The second kappa shape index (κ2) is 17.1. The van der Waals surface area contributed by atoms with E-state index >= 15 is 0 Å². The zero-order chi connectivity index (χ0) is 17.2. The predicted molar refractivity (Wildman–Crippen MR) is 104 cm³/mol. The van der Waals surface area contributed by atoms with Crippen molar-refractivity contribution in [3.63, 3.8) is 0 Å². The first-order chi connectivity index (χ1) is 11.1. The Morgan fingerprint density at radius 2 is 1.09 bits per heavy atom. The molecule has 0 heterocycles. The quantitative estimate of drug-likeness (QED) is 0.191. The number of unbranched alkanes of at least 4 members (excludes halogenated alkanes) is 13. The summed E-state index contributed by atoms with van der Waals surface area (Å²) >= 11 is 3.91. The molecule has 0 spiro atoms. The van der Waals surface area contributed by atoms with Gasteiger partial charge in [0.25, 0.3) is 10.1 Å². The Bertz CT molecular complexity index is 329. The highest BCUT2D eigenvalue weighted by Gasteiger charge is 2.08. The van der Waals surface area contributed by atoms with Crippen LogP contribution in [0.15, 0.2) is 0 Å². The molecule has 0 fully saturated rings. The van der Waals surface area contributed by atoms with E-state index in [-0.39, 0.29) is 5.75 Å². The Labute approximate surface area is 150 Å². The molecule has 0 atom stereocenters. The summed E-state index contributed by atoms with van der Waals surface area (Å²) < 4.78 is 27.5. The third kappa shape index (κ3) is 18.4. The van der Waals surface area contributed by atoms with Crippen LogP contribution in [-0.4, -0.2) is 26.5 Å². The summed E-state index contributed by atoms with van der Waals surface area (Å²) in [6, 6.07) is 0. The van der Waals surface area contributed by atoms with Gasteiger partial charge in [-0.25, -0.2) is 0 Å². The summed E-state index contributed by atoms with van der Waals surface area (Å²) in [6.07, 6.45) is 18.2. The molecule has 23 heavy (non-hydrogen) atoms. The van der Waals surface area contributed by atoms with E-state index in [1.165, 1.54) is 77.0 Å². The molecule has 0 aromatic heterocycles. The van der Waals surface area contributed by atoms with E-state index in [1.807, 2.05) is 0 Å². The predicted octanol–water partition coefficient (Wildman–Crippen LogP) is 5.74. The highest BCUT2D eigenvalue weighted by Crippen LogP contribution is 2.13. The van der Waals surface area contributed by atoms with Crippen molar-refractivity contribution in [1.82, 2.24) is 0 Å². The maximum Gasteiger partial charge on any atom is 0.268 e. The molecule has 0 saturated heterocycles. The van der Waals surface area contributed by atoms with E-state index in [0.717, 1.165) is 12.8 Å². The monoisotopic (exact) mass is 366 g/mol. The smallest absolute Gasteiger partial charge is 0.268 e. The van der Waals surface area contributed by atoms with Crippen molar-refractivity contribution in [2.75, 3.05) is 18.1 Å². The van der Waals surface area contributed by atoms with Gasteiger partial charge in [0.2, 0.25) is 0 Å². The molecular weight excluding hydrogens is 328 g/mol. The van der Waals surface area contributed by atoms with Crippen LogP contribution in [0.5, 0.6) is 0 Å². The summed E-state index contributed by atoms with van der Waals surface area (Å²) in [7, 11) is -3.33. The molecule has 0 unspecified atom stereocenters. The lowest BCUT2D eigenvalue weighted by Crippen LogP contribution is -2.12. The maximum atomic E-state index is 11.3. The van der Waals surface area contributed by atoms with E-state index < -0.39 is 10.1 Å². The first-order valence-corrected chi connectivity index (χ1v) is 11.8. The lowest BCUT2D eigenvalue weighted by Gasteiger charge is -2.05. The van der Waals surface area contributed by atoms with Crippen molar-refractivity contribution in [2.45, 2.75) is 96.8 Å². The van der Waals surface area contributed by atoms with Gasteiger partial charge in [-0.3, -0.25) is 4.18 Å². The average Bonchev–Trinajstić information content (AvgIpc) is 2.51. The first-order valence-electron chi connectivity index (χ1n) is 9.60. The highest BCUT2D eigenvalue weighted by molar-refractivity contribution is 7.88. The normalized spacial score (nSPS) is 11.9. The van der Waals surface area contributed by atoms with Crippen LogP contribution in [0, 0.1) is 0 Å². The van der Waals surface area contributed by atoms with Gasteiger partial charge >= 0.3 is 0 Å². The Hall–Kier alpha value is 0.260. The molecule has 0 N–H and O–H groups in total. The third-order valence-electron chi connectivity index (χ3n) is 4.10. The lowest BCUT2D eigenvalue weighted by molar-refractivity contribution is 0.307. The van der Waals surface area contributed by atoms with Crippen molar-refractivity contribution in [1.29, 1.82) is 0 Å². The number of rotatable bonds is 18. The van der Waals surface area contributed by atoms with Crippen LogP contribution in [0.2, 0.25) is 0 Å². The van der Waals surface area contributed by atoms with E-state index in [9.17, 15) is 8.42 Å². The minimum Gasteiger partial charge on any atom is -0.270 e. The number of hydrogen-bond acceptors (Lipinski definition) is 4. The number of thiol groups is 1. The van der Waals surface area contributed by atoms with E-state index in [4.69, 9.17) is 4.18 Å². The Morgan fingerprint density at radius 1 is 0.696 bits per heavy atom. The van der Waals surface area contributed by atoms with Crippen molar-refractivity contribution in [2.24, 2.45) is 0 Å². The summed E-state index contributed by atoms with van der Waals surface area (Å²) in [5.41, 5.74) is 0. The van der Waals surface area contributed by atoms with Crippen LogP contribution >= 0.6 is 12.6 Å². The summed E-state index contributed by atoms with van der Waals surface area (Å²) in [5, 5.41) is 0. The van der Waals surface area contributed by atoms with Gasteiger partial charge in [-0.15, -0.1) is 0 Å². The van der Waals surface area contributed by atoms with Gasteiger partial charge in [0.05, 0.1) is 12.4 Å². The van der Waals surface area contributed by atoms with Gasteiger partial charge < -0.3 is 0 Å². The largest absolute Gasteiger partial charge is 0.270 e. The SMILES string of the molecule is CCCCCCCCCCCCCCCCOS(=O)(=O)CCS. The molecule has 0 aromatic rings. The second-order valence-corrected chi connectivity index (χ2v) is 8.61. The molecule has 0 aliphatic rings. The molecular formula is C18H38O3S2. The van der Waals surface area contributed by atoms with E-state index in [2.05, 4.69) is 19.6 Å².